The lowest BCUT2D eigenvalue weighted by Crippen LogP contribution is -2.47. The fourth-order valence-electron chi connectivity index (χ4n) is 3.13. The molecule has 0 radical (unpaired) electrons. The van der Waals surface area contributed by atoms with Crippen molar-refractivity contribution in [2.24, 2.45) is 5.92 Å². The minimum Gasteiger partial charge on any atom is -0.340 e. The average molecular weight is 436 g/mol. The summed E-state index contributed by atoms with van der Waals surface area (Å²) in [6.07, 6.45) is 0. The first-order valence-electron chi connectivity index (χ1n) is 10.0. The van der Waals surface area contributed by atoms with Crippen LogP contribution in [0.2, 0.25) is 0 Å². The number of hydrogen-bond acceptors (Lipinski definition) is 5. The quantitative estimate of drug-likeness (QED) is 0.526. The van der Waals surface area contributed by atoms with Crippen molar-refractivity contribution in [1.29, 1.82) is 0 Å². The van der Waals surface area contributed by atoms with Crippen LogP contribution in [0.15, 0.2) is 54.6 Å². The van der Waals surface area contributed by atoms with Gasteiger partial charge in [-0.3, -0.25) is 14.4 Å². The van der Waals surface area contributed by atoms with Gasteiger partial charge in [-0.15, -0.1) is 0 Å². The Labute approximate surface area is 185 Å². The van der Waals surface area contributed by atoms with Gasteiger partial charge in [-0.05, 0) is 25.0 Å². The average Bonchev–Trinajstić information content (AvgIpc) is 3.16. The van der Waals surface area contributed by atoms with E-state index >= 15 is 0 Å². The predicted molar refractivity (Wildman–Crippen MR) is 123 cm³/mol. The van der Waals surface area contributed by atoms with E-state index in [2.05, 4.69) is 15.6 Å². The molecule has 1 unspecified atom stereocenters. The molecule has 1 atom stereocenters. The number of nitrogens with one attached hydrogen (secondary N) is 2. The standard InChI is InChI=1S/C24H25N3O3S/c1-14(2)19(25-22(29)18-12-8-9-15(3)13-18)23(30)27-24-26-20(21(31-24)16(4)28)17-10-6-5-7-11-17/h5-14,19H,1-4H3,(H,25,29)(H,26,27,30). The molecule has 160 valence electrons. The maximum atomic E-state index is 13.0. The maximum absolute atomic E-state index is 13.0. The van der Waals surface area contributed by atoms with Crippen molar-refractivity contribution in [2.75, 3.05) is 5.32 Å². The van der Waals surface area contributed by atoms with Crippen LogP contribution in [0.1, 0.15) is 46.4 Å². The number of rotatable bonds is 7. The summed E-state index contributed by atoms with van der Waals surface area (Å²) in [4.78, 5) is 42.7. The van der Waals surface area contributed by atoms with Crippen molar-refractivity contribution in [3.05, 3.63) is 70.6 Å². The molecule has 1 aromatic heterocycles. The van der Waals surface area contributed by atoms with Crippen molar-refractivity contribution in [1.82, 2.24) is 10.3 Å². The summed E-state index contributed by atoms with van der Waals surface area (Å²) in [6, 6.07) is 15.8. The zero-order valence-electron chi connectivity index (χ0n) is 17.9. The monoisotopic (exact) mass is 435 g/mol. The van der Waals surface area contributed by atoms with Crippen molar-refractivity contribution < 1.29 is 14.4 Å². The minimum absolute atomic E-state index is 0.120. The highest BCUT2D eigenvalue weighted by molar-refractivity contribution is 7.18. The Kier molecular flexibility index (Phi) is 6.97. The number of aryl methyl sites for hydroxylation is 1. The van der Waals surface area contributed by atoms with E-state index in [-0.39, 0.29) is 23.5 Å². The van der Waals surface area contributed by atoms with E-state index in [1.807, 2.05) is 57.2 Å². The van der Waals surface area contributed by atoms with Gasteiger partial charge < -0.3 is 10.6 Å². The van der Waals surface area contributed by atoms with Crippen molar-refractivity contribution in [2.45, 2.75) is 33.7 Å². The van der Waals surface area contributed by atoms with Gasteiger partial charge in [0.15, 0.2) is 10.9 Å². The second-order valence-electron chi connectivity index (χ2n) is 7.67. The van der Waals surface area contributed by atoms with Gasteiger partial charge in [0.05, 0.1) is 10.6 Å². The van der Waals surface area contributed by atoms with Crippen LogP contribution in [0.25, 0.3) is 11.3 Å². The van der Waals surface area contributed by atoms with Gasteiger partial charge in [0.1, 0.15) is 6.04 Å². The molecule has 0 saturated carbocycles. The molecule has 2 aromatic carbocycles. The zero-order chi connectivity index (χ0) is 22.5. The Morgan fingerprint density at radius 2 is 1.71 bits per heavy atom. The number of benzene rings is 2. The summed E-state index contributed by atoms with van der Waals surface area (Å²) < 4.78 is 0. The Balaban J connectivity index is 1.81. The molecule has 2 N–H and O–H groups in total. The normalized spacial score (nSPS) is 11.8. The number of thiazole rings is 1. The van der Waals surface area contributed by atoms with Gasteiger partial charge in [-0.2, -0.15) is 0 Å². The molecule has 0 bridgehead atoms. The van der Waals surface area contributed by atoms with Crippen LogP contribution in [-0.2, 0) is 4.79 Å². The largest absolute Gasteiger partial charge is 0.340 e. The third-order valence-corrected chi connectivity index (χ3v) is 5.81. The van der Waals surface area contributed by atoms with E-state index in [1.165, 1.54) is 6.92 Å². The summed E-state index contributed by atoms with van der Waals surface area (Å²) in [5.41, 5.74) is 2.81. The maximum Gasteiger partial charge on any atom is 0.251 e. The predicted octanol–water partition coefficient (Wildman–Crippen LogP) is 4.71. The van der Waals surface area contributed by atoms with Crippen LogP contribution in [0.5, 0.6) is 0 Å². The van der Waals surface area contributed by atoms with Crippen LogP contribution in [0.4, 0.5) is 5.13 Å². The number of aromatic nitrogens is 1. The van der Waals surface area contributed by atoms with E-state index in [4.69, 9.17) is 0 Å². The molecule has 3 aromatic rings. The molecule has 1 heterocycles. The first kappa shape index (κ1) is 22.4. The van der Waals surface area contributed by atoms with E-state index in [0.717, 1.165) is 22.5 Å². The number of carbonyl (C=O) groups excluding carboxylic acids is 3. The molecule has 7 heteroatoms. The van der Waals surface area contributed by atoms with E-state index in [1.54, 1.807) is 18.2 Å². The van der Waals surface area contributed by atoms with E-state index < -0.39 is 6.04 Å². The molecular weight excluding hydrogens is 410 g/mol. The highest BCUT2D eigenvalue weighted by Crippen LogP contribution is 2.31. The second-order valence-corrected chi connectivity index (χ2v) is 8.67. The highest BCUT2D eigenvalue weighted by Gasteiger charge is 2.26. The van der Waals surface area contributed by atoms with Gasteiger partial charge in [0.2, 0.25) is 5.91 Å². The van der Waals surface area contributed by atoms with Crippen LogP contribution < -0.4 is 10.6 Å². The van der Waals surface area contributed by atoms with Crippen molar-refractivity contribution in [3.63, 3.8) is 0 Å². The number of hydrogen-bond donors (Lipinski definition) is 2. The summed E-state index contributed by atoms with van der Waals surface area (Å²) in [5.74, 6) is -0.954. The third kappa shape index (κ3) is 5.44. The molecule has 0 aliphatic heterocycles. The van der Waals surface area contributed by atoms with Gasteiger partial charge in [0, 0.05) is 18.1 Å². The van der Waals surface area contributed by atoms with Gasteiger partial charge in [-0.1, -0.05) is 73.2 Å². The summed E-state index contributed by atoms with van der Waals surface area (Å²) in [6.45, 7) is 7.10. The molecule has 0 saturated heterocycles. The molecule has 3 rings (SSSR count). The fourth-order valence-corrected chi connectivity index (χ4v) is 4.02. The van der Waals surface area contributed by atoms with Crippen LogP contribution >= 0.6 is 11.3 Å². The lowest BCUT2D eigenvalue weighted by molar-refractivity contribution is -0.118. The molecular formula is C24H25N3O3S. The Bertz CT molecular complexity index is 1110. The number of anilines is 1. The zero-order valence-corrected chi connectivity index (χ0v) is 18.7. The molecule has 2 amide bonds. The highest BCUT2D eigenvalue weighted by atomic mass is 32.1. The number of nitrogens with zero attached hydrogens (tertiary/aromatic N) is 1. The number of carbonyl (C=O) groups is 3. The summed E-state index contributed by atoms with van der Waals surface area (Å²) in [7, 11) is 0. The Morgan fingerprint density at radius 1 is 1.00 bits per heavy atom. The smallest absolute Gasteiger partial charge is 0.251 e. The lowest BCUT2D eigenvalue weighted by atomic mass is 10.0. The summed E-state index contributed by atoms with van der Waals surface area (Å²) in [5, 5.41) is 5.92. The fraction of sp³-hybridized carbons (Fsp3) is 0.250. The first-order valence-corrected chi connectivity index (χ1v) is 10.8. The van der Waals surface area contributed by atoms with E-state index in [0.29, 0.717) is 21.3 Å². The van der Waals surface area contributed by atoms with Gasteiger partial charge >= 0.3 is 0 Å². The topological polar surface area (TPSA) is 88.2 Å². The number of Topliss-reactive ketones (excluding diaryl/α,β-unsaturated/α-hetero) is 1. The van der Waals surface area contributed by atoms with Crippen LogP contribution in [-0.4, -0.2) is 28.6 Å². The van der Waals surface area contributed by atoms with Crippen LogP contribution in [0.3, 0.4) is 0 Å². The van der Waals surface area contributed by atoms with Crippen LogP contribution in [0, 0.1) is 12.8 Å². The van der Waals surface area contributed by atoms with Gasteiger partial charge in [0.25, 0.3) is 5.91 Å². The van der Waals surface area contributed by atoms with E-state index in [9.17, 15) is 14.4 Å². The SMILES string of the molecule is CC(=O)c1sc(NC(=O)C(NC(=O)c2cccc(C)c2)C(C)C)nc1-c1ccccc1. The molecule has 31 heavy (non-hydrogen) atoms. The molecule has 0 fully saturated rings. The summed E-state index contributed by atoms with van der Waals surface area (Å²) >= 11 is 1.13. The Hall–Kier alpha value is -3.32. The number of ketones is 1. The first-order chi connectivity index (χ1) is 14.8. The lowest BCUT2D eigenvalue weighted by Gasteiger charge is -2.21. The van der Waals surface area contributed by atoms with Crippen molar-refractivity contribution in [3.8, 4) is 11.3 Å². The molecule has 6 nitrogen and oxygen atoms in total. The second kappa shape index (κ2) is 9.66. The minimum atomic E-state index is -0.752. The number of amides is 2. The molecule has 0 spiro atoms. The van der Waals surface area contributed by atoms with Crippen molar-refractivity contribution >= 4 is 34.1 Å². The Morgan fingerprint density at radius 3 is 2.32 bits per heavy atom. The molecule has 0 aliphatic carbocycles. The third-order valence-electron chi connectivity index (χ3n) is 4.74. The van der Waals surface area contributed by atoms with Gasteiger partial charge in [-0.25, -0.2) is 4.98 Å². The molecule has 0 aliphatic rings.